The van der Waals surface area contributed by atoms with Crippen molar-refractivity contribution in [3.8, 4) is 0 Å². The minimum Gasteiger partial charge on any atom is -0.365 e. The Kier molecular flexibility index (Phi) is 7.05. The second-order valence-corrected chi connectivity index (χ2v) is 9.57. The van der Waals surface area contributed by atoms with Gasteiger partial charge in [-0.25, -0.2) is 23.2 Å². The molecule has 5 rings (SSSR count). The zero-order valence-corrected chi connectivity index (χ0v) is 20.7. The van der Waals surface area contributed by atoms with Crippen LogP contribution in [0, 0.1) is 11.8 Å². The Balaban J connectivity index is 1.20. The average Bonchev–Trinajstić information content (AvgIpc) is 3.24. The number of hydrogen-bond acceptors (Lipinski definition) is 7. The van der Waals surface area contributed by atoms with Gasteiger partial charge in [-0.1, -0.05) is 6.92 Å². The molecule has 0 saturated carbocycles. The van der Waals surface area contributed by atoms with Crippen molar-refractivity contribution in [3.05, 3.63) is 63.3 Å². The lowest BCUT2D eigenvalue weighted by Gasteiger charge is -2.36. The number of H-pyrrole nitrogens is 1. The van der Waals surface area contributed by atoms with E-state index in [9.17, 15) is 22.8 Å². The van der Waals surface area contributed by atoms with Crippen LogP contribution < -0.4 is 15.9 Å². The quantitative estimate of drug-likeness (QED) is 0.371. The van der Waals surface area contributed by atoms with Crippen LogP contribution in [0.5, 0.6) is 0 Å². The molecule has 13 heteroatoms. The zero-order chi connectivity index (χ0) is 27.0. The number of piperazine rings is 1. The van der Waals surface area contributed by atoms with E-state index in [1.54, 1.807) is 11.0 Å². The fourth-order valence-corrected chi connectivity index (χ4v) is 4.78. The summed E-state index contributed by atoms with van der Waals surface area (Å²) >= 11 is 0. The highest BCUT2D eigenvalue weighted by Crippen LogP contribution is 2.26. The smallest absolute Gasteiger partial charge is 0.284 e. The Morgan fingerprint density at radius 2 is 1.89 bits per heavy atom. The number of alkyl halides is 2. The minimum atomic E-state index is -2.87. The van der Waals surface area contributed by atoms with Crippen molar-refractivity contribution in [2.24, 2.45) is 0 Å². The maximum absolute atomic E-state index is 15.1. The van der Waals surface area contributed by atoms with Crippen molar-refractivity contribution in [1.29, 1.82) is 0 Å². The molecule has 0 aromatic carbocycles. The van der Waals surface area contributed by atoms with E-state index >= 15 is 4.39 Å². The Morgan fingerprint density at radius 1 is 1.13 bits per heavy atom. The van der Waals surface area contributed by atoms with Crippen LogP contribution in [0.3, 0.4) is 0 Å². The number of anilines is 1. The third kappa shape index (κ3) is 5.34. The van der Waals surface area contributed by atoms with Gasteiger partial charge in [-0.2, -0.15) is 4.39 Å². The van der Waals surface area contributed by atoms with E-state index in [0.717, 1.165) is 5.01 Å². The summed E-state index contributed by atoms with van der Waals surface area (Å²) in [5, 5.41) is 1.10. The number of rotatable bonds is 6. The first kappa shape index (κ1) is 26.0. The molecule has 2 saturated heterocycles. The third-order valence-corrected chi connectivity index (χ3v) is 6.94. The Bertz CT molecular complexity index is 1420. The van der Waals surface area contributed by atoms with Gasteiger partial charge >= 0.3 is 0 Å². The van der Waals surface area contributed by atoms with Crippen LogP contribution in [-0.2, 0) is 13.0 Å². The molecule has 0 unspecified atom stereocenters. The third-order valence-electron chi connectivity index (χ3n) is 6.94. The highest BCUT2D eigenvalue weighted by Gasteiger charge is 2.39. The number of fused-ring (bicyclic) bond motifs is 1. The first-order valence-electron chi connectivity index (χ1n) is 12.4. The number of pyridine rings is 3. The van der Waals surface area contributed by atoms with Crippen molar-refractivity contribution in [2.45, 2.75) is 32.2 Å². The molecular formula is C25H27F4N7O2. The van der Waals surface area contributed by atoms with Gasteiger partial charge in [0.15, 0.2) is 5.82 Å². The molecule has 38 heavy (non-hydrogen) atoms. The van der Waals surface area contributed by atoms with E-state index in [4.69, 9.17) is 0 Å². The van der Waals surface area contributed by atoms with Crippen LogP contribution in [0.4, 0.5) is 23.2 Å². The molecule has 0 atom stereocenters. The molecule has 0 spiro atoms. The van der Waals surface area contributed by atoms with Gasteiger partial charge in [-0.05, 0) is 24.6 Å². The minimum absolute atomic E-state index is 0.000471. The maximum Gasteiger partial charge on any atom is 0.284 e. The lowest BCUT2D eigenvalue weighted by Crippen LogP contribution is -2.46. The molecule has 0 radical (unpaired) electrons. The van der Waals surface area contributed by atoms with Gasteiger partial charge in [0.05, 0.1) is 17.7 Å². The monoisotopic (exact) mass is 533 g/mol. The molecule has 2 aliphatic heterocycles. The van der Waals surface area contributed by atoms with Crippen LogP contribution in [0.2, 0.25) is 0 Å². The summed E-state index contributed by atoms with van der Waals surface area (Å²) in [6.07, 6.45) is 1.63. The van der Waals surface area contributed by atoms with Crippen LogP contribution in [0.15, 0.2) is 29.2 Å². The van der Waals surface area contributed by atoms with E-state index in [0.29, 0.717) is 49.2 Å². The number of carbonyl (C=O) groups excluding carboxylic acids is 1. The summed E-state index contributed by atoms with van der Waals surface area (Å²) in [6, 6.07) is 4.40. The molecule has 3 aromatic rings. The van der Waals surface area contributed by atoms with E-state index < -0.39 is 30.1 Å². The second-order valence-electron chi connectivity index (χ2n) is 9.57. The van der Waals surface area contributed by atoms with E-state index in [1.165, 1.54) is 18.3 Å². The van der Waals surface area contributed by atoms with E-state index in [-0.39, 0.29) is 42.0 Å². The van der Waals surface area contributed by atoms with Crippen molar-refractivity contribution < 1.29 is 22.4 Å². The van der Waals surface area contributed by atoms with Crippen molar-refractivity contribution >= 4 is 22.6 Å². The van der Waals surface area contributed by atoms with Crippen molar-refractivity contribution in [3.63, 3.8) is 0 Å². The second kappa shape index (κ2) is 10.3. The van der Waals surface area contributed by atoms with Gasteiger partial charge in [0.1, 0.15) is 11.2 Å². The molecule has 0 aliphatic carbocycles. The zero-order valence-electron chi connectivity index (χ0n) is 20.7. The molecule has 3 aromatic heterocycles. The van der Waals surface area contributed by atoms with Crippen LogP contribution in [-0.4, -0.2) is 76.0 Å². The number of hydrazine groups is 1. The van der Waals surface area contributed by atoms with Crippen LogP contribution >= 0.6 is 0 Å². The molecule has 2 fully saturated rings. The van der Waals surface area contributed by atoms with E-state index in [2.05, 4.69) is 20.4 Å². The van der Waals surface area contributed by atoms with Crippen molar-refractivity contribution in [1.82, 2.24) is 30.3 Å². The number of amides is 1. The van der Waals surface area contributed by atoms with Gasteiger partial charge in [0.25, 0.3) is 17.4 Å². The van der Waals surface area contributed by atoms with Gasteiger partial charge in [-0.15, -0.1) is 0 Å². The predicted octanol–water partition coefficient (Wildman–Crippen LogP) is 2.47. The Morgan fingerprint density at radius 3 is 2.55 bits per heavy atom. The standard InChI is InChI=1S/C25H27F4N7O2/c1-2-15-11-18-21(32-23(15)37)20(26)16(12-30-18)13-34-7-9-35(10-8-34)19-4-3-17(31-22(19)27)24(38)33-36-6-5-25(28,29)14-36/h3-4,11-12H,2,5-10,13-14H2,1H3,(H,32,37)(H,33,38). The maximum atomic E-state index is 15.1. The summed E-state index contributed by atoms with van der Waals surface area (Å²) in [6.45, 7) is 3.41. The Labute approximate surface area is 215 Å². The molecule has 2 N–H and O–H groups in total. The first-order valence-corrected chi connectivity index (χ1v) is 12.4. The van der Waals surface area contributed by atoms with Crippen molar-refractivity contribution in [2.75, 3.05) is 44.2 Å². The summed E-state index contributed by atoms with van der Waals surface area (Å²) in [5.41, 5.74) is 3.39. The summed E-state index contributed by atoms with van der Waals surface area (Å²) in [4.78, 5) is 38.9. The lowest BCUT2D eigenvalue weighted by atomic mass is 10.1. The van der Waals surface area contributed by atoms with Gasteiger partial charge < -0.3 is 9.88 Å². The largest absolute Gasteiger partial charge is 0.365 e. The highest BCUT2D eigenvalue weighted by atomic mass is 19.3. The van der Waals surface area contributed by atoms with E-state index in [1.807, 2.05) is 11.8 Å². The number of halogens is 4. The lowest BCUT2D eigenvalue weighted by molar-refractivity contribution is 0.00697. The molecule has 1 amide bonds. The van der Waals surface area contributed by atoms with Crippen LogP contribution in [0.1, 0.15) is 35.0 Å². The summed E-state index contributed by atoms with van der Waals surface area (Å²) in [5.74, 6) is -4.97. The number of aryl methyl sites for hydroxylation is 1. The number of aromatic nitrogens is 3. The number of nitrogens with zero attached hydrogens (tertiary/aromatic N) is 5. The molecule has 202 valence electrons. The number of hydrogen-bond donors (Lipinski definition) is 2. The molecule has 5 heterocycles. The topological polar surface area (TPSA) is 97.5 Å². The first-order chi connectivity index (χ1) is 18.1. The molecular weight excluding hydrogens is 506 g/mol. The normalized spacial score (nSPS) is 18.3. The highest BCUT2D eigenvalue weighted by molar-refractivity contribution is 5.92. The average molecular weight is 534 g/mol. The number of aromatic amines is 1. The summed E-state index contributed by atoms with van der Waals surface area (Å²) in [7, 11) is 0. The van der Waals surface area contributed by atoms with Gasteiger partial charge in [-0.3, -0.25) is 24.9 Å². The molecule has 9 nitrogen and oxygen atoms in total. The SMILES string of the molecule is CCc1cc2ncc(CN3CCN(c4ccc(C(=O)NN5CCC(F)(F)C5)nc4F)CC3)c(F)c2[nH]c1=O. The van der Waals surface area contributed by atoms with Gasteiger partial charge in [0.2, 0.25) is 5.95 Å². The fourth-order valence-electron chi connectivity index (χ4n) is 4.78. The number of carbonyl (C=O) groups is 1. The predicted molar refractivity (Wildman–Crippen MR) is 132 cm³/mol. The number of nitrogens with one attached hydrogen (secondary N) is 2. The molecule has 0 bridgehead atoms. The Hall–Kier alpha value is -3.58. The van der Waals surface area contributed by atoms with Crippen LogP contribution in [0.25, 0.3) is 11.0 Å². The fraction of sp³-hybridized carbons (Fsp3) is 0.440. The summed E-state index contributed by atoms with van der Waals surface area (Å²) < 4.78 is 56.6. The molecule has 2 aliphatic rings. The van der Waals surface area contributed by atoms with Gasteiger partial charge in [0, 0.05) is 63.0 Å².